The van der Waals surface area contributed by atoms with Gasteiger partial charge in [0.1, 0.15) is 0 Å². The molecular formula is C21H33NO. The lowest BCUT2D eigenvalue weighted by molar-refractivity contribution is -0.126. The van der Waals surface area contributed by atoms with Crippen LogP contribution in [0.2, 0.25) is 0 Å². The molecule has 0 aliphatic carbocycles. The van der Waals surface area contributed by atoms with Crippen LogP contribution >= 0.6 is 0 Å². The second-order valence-corrected chi connectivity index (χ2v) is 7.24. The molecule has 0 saturated heterocycles. The van der Waals surface area contributed by atoms with Crippen LogP contribution in [-0.2, 0) is 10.2 Å². The van der Waals surface area contributed by atoms with Crippen molar-refractivity contribution in [1.82, 2.24) is 4.90 Å². The standard InChI is InChI=1S/C21H33NO/c1-6-8-16-22(17-9-7-2)20(23)15-12-18-10-13-19(14-11-18)21(3,4)5/h10-15H,6-9,16-17H2,1-5H3/b15-12+. The van der Waals surface area contributed by atoms with E-state index in [2.05, 4.69) is 58.9 Å². The number of hydrogen-bond acceptors (Lipinski definition) is 1. The lowest BCUT2D eigenvalue weighted by atomic mass is 9.87. The molecule has 128 valence electrons. The molecule has 0 unspecified atom stereocenters. The Morgan fingerprint density at radius 2 is 1.52 bits per heavy atom. The van der Waals surface area contributed by atoms with Gasteiger partial charge in [0.2, 0.25) is 5.91 Å². The summed E-state index contributed by atoms with van der Waals surface area (Å²) < 4.78 is 0. The molecule has 2 heteroatoms. The Morgan fingerprint density at radius 1 is 1.00 bits per heavy atom. The number of unbranched alkanes of at least 4 members (excludes halogenated alkanes) is 2. The molecular weight excluding hydrogens is 282 g/mol. The molecule has 2 nitrogen and oxygen atoms in total. The van der Waals surface area contributed by atoms with Crippen LogP contribution in [0.1, 0.15) is 71.4 Å². The van der Waals surface area contributed by atoms with Crippen molar-refractivity contribution in [3.63, 3.8) is 0 Å². The second-order valence-electron chi connectivity index (χ2n) is 7.24. The molecule has 0 saturated carbocycles. The van der Waals surface area contributed by atoms with E-state index in [0.29, 0.717) is 0 Å². The van der Waals surface area contributed by atoms with Gasteiger partial charge in [-0.2, -0.15) is 0 Å². The minimum Gasteiger partial charge on any atom is -0.339 e. The van der Waals surface area contributed by atoms with Gasteiger partial charge in [0.25, 0.3) is 0 Å². The van der Waals surface area contributed by atoms with Crippen LogP contribution in [0.3, 0.4) is 0 Å². The molecule has 0 aliphatic rings. The molecule has 0 spiro atoms. The van der Waals surface area contributed by atoms with Crippen molar-refractivity contribution in [1.29, 1.82) is 0 Å². The van der Waals surface area contributed by atoms with Crippen LogP contribution in [0.4, 0.5) is 0 Å². The van der Waals surface area contributed by atoms with E-state index in [0.717, 1.165) is 44.3 Å². The quantitative estimate of drug-likeness (QED) is 0.586. The maximum Gasteiger partial charge on any atom is 0.246 e. The molecule has 1 amide bonds. The number of hydrogen-bond donors (Lipinski definition) is 0. The van der Waals surface area contributed by atoms with Crippen LogP contribution < -0.4 is 0 Å². The fourth-order valence-corrected chi connectivity index (χ4v) is 2.40. The first-order valence-corrected chi connectivity index (χ1v) is 8.96. The van der Waals surface area contributed by atoms with Gasteiger partial charge in [0.15, 0.2) is 0 Å². The second kappa shape index (κ2) is 9.54. The van der Waals surface area contributed by atoms with Crippen molar-refractivity contribution in [3.8, 4) is 0 Å². The topological polar surface area (TPSA) is 20.3 Å². The average molecular weight is 316 g/mol. The third-order valence-corrected chi connectivity index (χ3v) is 4.07. The summed E-state index contributed by atoms with van der Waals surface area (Å²) >= 11 is 0. The predicted octanol–water partition coefficient (Wildman–Crippen LogP) is 5.43. The van der Waals surface area contributed by atoms with Crippen molar-refractivity contribution in [3.05, 3.63) is 41.5 Å². The zero-order valence-corrected chi connectivity index (χ0v) is 15.6. The van der Waals surface area contributed by atoms with Crippen molar-refractivity contribution in [2.75, 3.05) is 13.1 Å². The summed E-state index contributed by atoms with van der Waals surface area (Å²) in [5.41, 5.74) is 2.56. The predicted molar refractivity (Wildman–Crippen MR) is 101 cm³/mol. The van der Waals surface area contributed by atoms with Gasteiger partial charge >= 0.3 is 0 Å². The fraction of sp³-hybridized carbons (Fsp3) is 0.571. The number of carbonyl (C=O) groups is 1. The van der Waals surface area contributed by atoms with E-state index in [-0.39, 0.29) is 11.3 Å². The van der Waals surface area contributed by atoms with Crippen molar-refractivity contribution >= 4 is 12.0 Å². The molecule has 1 aromatic carbocycles. The van der Waals surface area contributed by atoms with Gasteiger partial charge in [-0.25, -0.2) is 0 Å². The summed E-state index contributed by atoms with van der Waals surface area (Å²) in [5.74, 6) is 0.131. The van der Waals surface area contributed by atoms with Gasteiger partial charge < -0.3 is 4.90 Å². The molecule has 0 aromatic heterocycles. The summed E-state index contributed by atoms with van der Waals surface area (Å²) in [4.78, 5) is 14.4. The third kappa shape index (κ3) is 7.02. The van der Waals surface area contributed by atoms with Gasteiger partial charge in [0.05, 0.1) is 0 Å². The maximum atomic E-state index is 12.4. The molecule has 1 aromatic rings. The number of benzene rings is 1. The zero-order valence-electron chi connectivity index (χ0n) is 15.6. The zero-order chi connectivity index (χ0) is 17.3. The highest BCUT2D eigenvalue weighted by molar-refractivity contribution is 5.91. The Morgan fingerprint density at radius 3 is 1.96 bits per heavy atom. The molecule has 0 N–H and O–H groups in total. The summed E-state index contributed by atoms with van der Waals surface area (Å²) in [6.45, 7) is 12.7. The first-order chi connectivity index (χ1) is 10.9. The Hall–Kier alpha value is -1.57. The molecule has 1 rings (SSSR count). The first kappa shape index (κ1) is 19.5. The molecule has 0 radical (unpaired) electrons. The maximum absolute atomic E-state index is 12.4. The van der Waals surface area contributed by atoms with Crippen LogP contribution in [0, 0.1) is 0 Å². The van der Waals surface area contributed by atoms with E-state index in [1.807, 2.05) is 11.0 Å². The highest BCUT2D eigenvalue weighted by Crippen LogP contribution is 2.22. The van der Waals surface area contributed by atoms with Crippen LogP contribution in [0.25, 0.3) is 6.08 Å². The van der Waals surface area contributed by atoms with E-state index in [1.165, 1.54) is 5.56 Å². The Balaban J connectivity index is 2.70. The number of nitrogens with zero attached hydrogens (tertiary/aromatic N) is 1. The van der Waals surface area contributed by atoms with Crippen molar-refractivity contribution < 1.29 is 4.79 Å². The van der Waals surface area contributed by atoms with E-state index in [4.69, 9.17) is 0 Å². The summed E-state index contributed by atoms with van der Waals surface area (Å²) in [6, 6.07) is 8.48. The lowest BCUT2D eigenvalue weighted by Gasteiger charge is -2.20. The highest BCUT2D eigenvalue weighted by atomic mass is 16.2. The normalized spacial score (nSPS) is 11.9. The SMILES string of the molecule is CCCCN(CCCC)C(=O)/C=C/c1ccc(C(C)(C)C)cc1. The molecule has 0 heterocycles. The molecule has 23 heavy (non-hydrogen) atoms. The molecule has 0 fully saturated rings. The van der Waals surface area contributed by atoms with Crippen LogP contribution in [-0.4, -0.2) is 23.9 Å². The molecule has 0 aliphatic heterocycles. The third-order valence-electron chi connectivity index (χ3n) is 4.07. The van der Waals surface area contributed by atoms with E-state index in [9.17, 15) is 4.79 Å². The van der Waals surface area contributed by atoms with Crippen LogP contribution in [0.15, 0.2) is 30.3 Å². The summed E-state index contributed by atoms with van der Waals surface area (Å²) in [7, 11) is 0. The number of carbonyl (C=O) groups excluding carboxylic acids is 1. The van der Waals surface area contributed by atoms with Gasteiger partial charge in [-0.15, -0.1) is 0 Å². The Kier molecular flexibility index (Phi) is 8.08. The van der Waals surface area contributed by atoms with Crippen LogP contribution in [0.5, 0.6) is 0 Å². The van der Waals surface area contributed by atoms with E-state index >= 15 is 0 Å². The highest BCUT2D eigenvalue weighted by Gasteiger charge is 2.12. The monoisotopic (exact) mass is 315 g/mol. The summed E-state index contributed by atoms with van der Waals surface area (Å²) in [5, 5.41) is 0. The Labute approximate surface area is 142 Å². The average Bonchev–Trinajstić information content (AvgIpc) is 2.52. The van der Waals surface area contributed by atoms with E-state index < -0.39 is 0 Å². The van der Waals surface area contributed by atoms with Gasteiger partial charge in [-0.05, 0) is 35.5 Å². The minimum absolute atomic E-state index is 0.131. The smallest absolute Gasteiger partial charge is 0.246 e. The van der Waals surface area contributed by atoms with Gasteiger partial charge in [-0.1, -0.05) is 71.7 Å². The lowest BCUT2D eigenvalue weighted by Crippen LogP contribution is -2.31. The number of amides is 1. The van der Waals surface area contributed by atoms with Crippen molar-refractivity contribution in [2.45, 2.75) is 65.7 Å². The van der Waals surface area contributed by atoms with Gasteiger partial charge in [0, 0.05) is 19.2 Å². The van der Waals surface area contributed by atoms with Crippen molar-refractivity contribution in [2.24, 2.45) is 0 Å². The Bertz CT molecular complexity index is 486. The first-order valence-electron chi connectivity index (χ1n) is 8.96. The number of rotatable bonds is 8. The fourth-order valence-electron chi connectivity index (χ4n) is 2.40. The molecule has 0 atom stereocenters. The minimum atomic E-state index is 0.131. The van der Waals surface area contributed by atoms with E-state index in [1.54, 1.807) is 6.08 Å². The molecule has 0 bridgehead atoms. The van der Waals surface area contributed by atoms with Gasteiger partial charge in [-0.3, -0.25) is 4.79 Å². The largest absolute Gasteiger partial charge is 0.339 e. The summed E-state index contributed by atoms with van der Waals surface area (Å²) in [6.07, 6.45) is 8.03.